The van der Waals surface area contributed by atoms with Crippen LogP contribution in [0, 0.1) is 11.7 Å². The van der Waals surface area contributed by atoms with Crippen LogP contribution < -0.4 is 0 Å². The third-order valence-corrected chi connectivity index (χ3v) is 4.46. The first kappa shape index (κ1) is 17.5. The van der Waals surface area contributed by atoms with Crippen molar-refractivity contribution in [2.75, 3.05) is 7.05 Å². The van der Waals surface area contributed by atoms with Gasteiger partial charge in [-0.15, -0.1) is 0 Å². The molecule has 2 aromatic rings. The van der Waals surface area contributed by atoms with Gasteiger partial charge >= 0.3 is 6.18 Å². The molecule has 0 aromatic heterocycles. The van der Waals surface area contributed by atoms with Crippen LogP contribution in [0.1, 0.15) is 29.0 Å². The van der Waals surface area contributed by atoms with E-state index in [9.17, 15) is 22.4 Å². The van der Waals surface area contributed by atoms with Crippen molar-refractivity contribution in [2.45, 2.75) is 25.1 Å². The number of amides is 1. The van der Waals surface area contributed by atoms with Gasteiger partial charge in [-0.3, -0.25) is 4.79 Å². The summed E-state index contributed by atoms with van der Waals surface area (Å²) in [5, 5.41) is 0. The van der Waals surface area contributed by atoms with E-state index in [1.54, 1.807) is 25.2 Å². The molecular weight excluding hydrogens is 334 g/mol. The van der Waals surface area contributed by atoms with Crippen molar-refractivity contribution < 1.29 is 22.4 Å². The van der Waals surface area contributed by atoms with Gasteiger partial charge in [-0.1, -0.05) is 30.3 Å². The molecule has 0 aliphatic heterocycles. The molecule has 1 aliphatic rings. The van der Waals surface area contributed by atoms with Crippen molar-refractivity contribution in [3.05, 3.63) is 71.0 Å². The van der Waals surface area contributed by atoms with Crippen LogP contribution in [0.4, 0.5) is 17.6 Å². The van der Waals surface area contributed by atoms with E-state index in [0.717, 1.165) is 6.07 Å². The SMILES string of the molecule is CN(Cc1cccc(F)c1)C(=O)C1CC1c1ccccc1C(F)(F)F. The van der Waals surface area contributed by atoms with E-state index < -0.39 is 23.6 Å². The molecule has 6 heteroatoms. The molecule has 2 nitrogen and oxygen atoms in total. The van der Waals surface area contributed by atoms with E-state index in [1.807, 2.05) is 0 Å². The summed E-state index contributed by atoms with van der Waals surface area (Å²) in [5.41, 5.74) is 0.138. The second-order valence-electron chi connectivity index (χ2n) is 6.36. The molecule has 0 bridgehead atoms. The second kappa shape index (κ2) is 6.50. The molecule has 2 unspecified atom stereocenters. The summed E-state index contributed by atoms with van der Waals surface area (Å²) in [7, 11) is 1.58. The molecule has 1 saturated carbocycles. The summed E-state index contributed by atoms with van der Waals surface area (Å²) < 4.78 is 52.6. The standard InChI is InChI=1S/C19H17F4NO/c1-24(11-12-5-4-6-13(20)9-12)18(25)16-10-15(16)14-7-2-3-8-17(14)19(21,22)23/h2-9,15-16H,10-11H2,1H3. The summed E-state index contributed by atoms with van der Waals surface area (Å²) >= 11 is 0. The summed E-state index contributed by atoms with van der Waals surface area (Å²) in [5.74, 6) is -1.48. The zero-order valence-electron chi connectivity index (χ0n) is 13.6. The normalized spacial score (nSPS) is 19.6. The number of nitrogens with zero attached hydrogens (tertiary/aromatic N) is 1. The molecule has 0 N–H and O–H groups in total. The monoisotopic (exact) mass is 351 g/mol. The van der Waals surface area contributed by atoms with Crippen molar-refractivity contribution in [1.29, 1.82) is 0 Å². The largest absolute Gasteiger partial charge is 0.416 e. The summed E-state index contributed by atoms with van der Waals surface area (Å²) in [6.07, 6.45) is -4.03. The first-order valence-corrected chi connectivity index (χ1v) is 7.93. The Morgan fingerprint density at radius 2 is 1.88 bits per heavy atom. The fourth-order valence-corrected chi connectivity index (χ4v) is 3.16. The molecule has 2 atom stereocenters. The minimum Gasteiger partial charge on any atom is -0.341 e. The Kier molecular flexibility index (Phi) is 4.54. The first-order chi connectivity index (χ1) is 11.8. The number of carbonyl (C=O) groups is 1. The van der Waals surface area contributed by atoms with Crippen molar-refractivity contribution in [2.24, 2.45) is 5.92 Å². The van der Waals surface area contributed by atoms with Crippen LogP contribution in [0.15, 0.2) is 48.5 Å². The number of hydrogen-bond acceptors (Lipinski definition) is 1. The van der Waals surface area contributed by atoms with E-state index in [-0.39, 0.29) is 23.8 Å². The van der Waals surface area contributed by atoms with Crippen LogP contribution >= 0.6 is 0 Å². The highest BCUT2D eigenvalue weighted by Gasteiger charge is 2.48. The van der Waals surface area contributed by atoms with Crippen LogP contribution in [0.2, 0.25) is 0 Å². The van der Waals surface area contributed by atoms with Gasteiger partial charge in [0.25, 0.3) is 0 Å². The van der Waals surface area contributed by atoms with Gasteiger partial charge < -0.3 is 4.90 Å². The Labute approximate surface area is 143 Å². The van der Waals surface area contributed by atoms with E-state index in [0.29, 0.717) is 12.0 Å². The maximum atomic E-state index is 13.2. The van der Waals surface area contributed by atoms with Crippen molar-refractivity contribution in [3.8, 4) is 0 Å². The molecule has 0 spiro atoms. The van der Waals surface area contributed by atoms with Crippen LogP contribution in [-0.2, 0) is 17.5 Å². The molecule has 1 aliphatic carbocycles. The lowest BCUT2D eigenvalue weighted by atomic mass is 10.0. The van der Waals surface area contributed by atoms with E-state index in [4.69, 9.17) is 0 Å². The number of alkyl halides is 3. The highest BCUT2D eigenvalue weighted by molar-refractivity contribution is 5.83. The van der Waals surface area contributed by atoms with Gasteiger partial charge in [0.05, 0.1) is 5.56 Å². The molecule has 1 amide bonds. The molecule has 1 fully saturated rings. The Morgan fingerprint density at radius 1 is 1.16 bits per heavy atom. The number of rotatable bonds is 4. The Morgan fingerprint density at radius 3 is 2.56 bits per heavy atom. The average Bonchev–Trinajstić information content (AvgIpc) is 3.34. The topological polar surface area (TPSA) is 20.3 Å². The molecule has 132 valence electrons. The minimum atomic E-state index is -4.43. The third kappa shape index (κ3) is 3.83. The van der Waals surface area contributed by atoms with Gasteiger partial charge in [0.15, 0.2) is 0 Å². The zero-order chi connectivity index (χ0) is 18.2. The molecule has 0 radical (unpaired) electrons. The van der Waals surface area contributed by atoms with Crippen molar-refractivity contribution >= 4 is 5.91 Å². The number of carbonyl (C=O) groups excluding carboxylic acids is 1. The van der Waals surface area contributed by atoms with Gasteiger partial charge in [-0.2, -0.15) is 13.2 Å². The quantitative estimate of drug-likeness (QED) is 0.737. The zero-order valence-corrected chi connectivity index (χ0v) is 13.6. The molecular formula is C19H17F4NO. The number of benzene rings is 2. The fraction of sp³-hybridized carbons (Fsp3) is 0.316. The second-order valence-corrected chi connectivity index (χ2v) is 6.36. The predicted octanol–water partition coefficient (Wildman–Crippen LogP) is 4.61. The predicted molar refractivity (Wildman–Crippen MR) is 85.2 cm³/mol. The lowest BCUT2D eigenvalue weighted by Crippen LogP contribution is -2.28. The van der Waals surface area contributed by atoms with Gasteiger partial charge in [0.1, 0.15) is 5.82 Å². The first-order valence-electron chi connectivity index (χ1n) is 7.93. The molecule has 0 heterocycles. The van der Waals surface area contributed by atoms with Crippen molar-refractivity contribution in [1.82, 2.24) is 4.90 Å². The molecule has 3 rings (SSSR count). The van der Waals surface area contributed by atoms with Crippen LogP contribution in [-0.4, -0.2) is 17.9 Å². The van der Waals surface area contributed by atoms with Gasteiger partial charge in [0, 0.05) is 19.5 Å². The van der Waals surface area contributed by atoms with Gasteiger partial charge in [0.2, 0.25) is 5.91 Å². The lowest BCUT2D eigenvalue weighted by molar-refractivity contribution is -0.138. The fourth-order valence-electron chi connectivity index (χ4n) is 3.16. The summed E-state index contributed by atoms with van der Waals surface area (Å²) in [4.78, 5) is 13.9. The van der Waals surface area contributed by atoms with Gasteiger partial charge in [-0.25, -0.2) is 4.39 Å². The highest BCUT2D eigenvalue weighted by Crippen LogP contribution is 2.51. The number of halogens is 4. The van der Waals surface area contributed by atoms with Crippen LogP contribution in [0.25, 0.3) is 0 Å². The minimum absolute atomic E-state index is 0.174. The molecule has 0 saturated heterocycles. The summed E-state index contributed by atoms with van der Waals surface area (Å²) in [6, 6.07) is 11.3. The van der Waals surface area contributed by atoms with Gasteiger partial charge in [-0.05, 0) is 41.7 Å². The van der Waals surface area contributed by atoms with E-state index in [2.05, 4.69) is 0 Å². The van der Waals surface area contributed by atoms with E-state index >= 15 is 0 Å². The summed E-state index contributed by atoms with van der Waals surface area (Å²) in [6.45, 7) is 0.223. The Balaban J connectivity index is 1.70. The van der Waals surface area contributed by atoms with Crippen LogP contribution in [0.3, 0.4) is 0 Å². The van der Waals surface area contributed by atoms with E-state index in [1.165, 1.54) is 29.2 Å². The smallest absolute Gasteiger partial charge is 0.341 e. The Bertz CT molecular complexity index is 787. The number of hydrogen-bond donors (Lipinski definition) is 0. The van der Waals surface area contributed by atoms with Crippen LogP contribution in [0.5, 0.6) is 0 Å². The lowest BCUT2D eigenvalue weighted by Gasteiger charge is -2.18. The molecule has 25 heavy (non-hydrogen) atoms. The maximum Gasteiger partial charge on any atom is 0.416 e. The molecule has 2 aromatic carbocycles. The maximum absolute atomic E-state index is 13.2. The average molecular weight is 351 g/mol. The Hall–Kier alpha value is -2.37. The highest BCUT2D eigenvalue weighted by atomic mass is 19.4. The third-order valence-electron chi connectivity index (χ3n) is 4.46. The van der Waals surface area contributed by atoms with Crippen molar-refractivity contribution in [3.63, 3.8) is 0 Å².